The number of hydrogen-bond acceptors (Lipinski definition) is 4. The Labute approximate surface area is 117 Å². The Morgan fingerprint density at radius 1 is 1.45 bits per heavy atom. The van der Waals surface area contributed by atoms with Crippen LogP contribution in [0.5, 0.6) is 5.75 Å². The largest absolute Gasteiger partial charge is 0.480 e. The number of sulfonamides is 1. The molecule has 3 rings (SSSR count). The second-order valence-electron chi connectivity index (χ2n) is 5.45. The minimum atomic E-state index is -3.73. The van der Waals surface area contributed by atoms with Crippen LogP contribution in [0, 0.1) is 5.92 Å². The lowest BCUT2D eigenvalue weighted by Crippen LogP contribution is -2.39. The van der Waals surface area contributed by atoms with Crippen LogP contribution in [0.25, 0.3) is 0 Å². The van der Waals surface area contributed by atoms with Gasteiger partial charge in [0.2, 0.25) is 10.0 Å². The van der Waals surface area contributed by atoms with Crippen LogP contribution in [0.2, 0.25) is 0 Å². The van der Waals surface area contributed by atoms with Crippen molar-refractivity contribution in [2.75, 3.05) is 0 Å². The van der Waals surface area contributed by atoms with Crippen molar-refractivity contribution in [3.05, 3.63) is 23.8 Å². The van der Waals surface area contributed by atoms with Gasteiger partial charge < -0.3 is 10.1 Å². The van der Waals surface area contributed by atoms with Crippen LogP contribution >= 0.6 is 0 Å². The smallest absolute Gasteiger partial charge is 0.261 e. The van der Waals surface area contributed by atoms with Crippen molar-refractivity contribution >= 4 is 15.9 Å². The normalized spacial score (nSPS) is 27.6. The molecule has 0 radical (unpaired) electrons. The zero-order valence-corrected chi connectivity index (χ0v) is 11.8. The van der Waals surface area contributed by atoms with Gasteiger partial charge in [-0.25, -0.2) is 13.6 Å². The molecular formula is C13H16N2O4S. The quantitative estimate of drug-likeness (QED) is 0.830. The number of amides is 1. The molecule has 3 N–H and O–H groups in total. The number of carbonyl (C=O) groups excluding carboxylic acids is 1. The molecule has 1 aromatic rings. The van der Waals surface area contributed by atoms with Gasteiger partial charge in [-0.05, 0) is 36.1 Å². The maximum atomic E-state index is 12.0. The highest BCUT2D eigenvalue weighted by Gasteiger charge is 2.37. The van der Waals surface area contributed by atoms with E-state index in [2.05, 4.69) is 12.2 Å². The van der Waals surface area contributed by atoms with Crippen LogP contribution in [0.4, 0.5) is 0 Å². The SMILES string of the molecule is CC1CC1NC(=O)C1Cc2cc(S(N)(=O)=O)ccc2O1. The van der Waals surface area contributed by atoms with Crippen molar-refractivity contribution in [3.8, 4) is 5.75 Å². The molecule has 20 heavy (non-hydrogen) atoms. The second-order valence-corrected chi connectivity index (χ2v) is 7.01. The summed E-state index contributed by atoms with van der Waals surface area (Å²) in [5.74, 6) is 0.922. The highest BCUT2D eigenvalue weighted by atomic mass is 32.2. The van der Waals surface area contributed by atoms with Gasteiger partial charge in [-0.3, -0.25) is 4.79 Å². The second kappa shape index (κ2) is 4.46. The van der Waals surface area contributed by atoms with Gasteiger partial charge in [-0.15, -0.1) is 0 Å². The van der Waals surface area contributed by atoms with Gasteiger partial charge in [0.05, 0.1) is 4.90 Å². The molecule has 7 heteroatoms. The zero-order chi connectivity index (χ0) is 14.5. The third-order valence-electron chi connectivity index (χ3n) is 3.76. The minimum absolute atomic E-state index is 0.0386. The lowest BCUT2D eigenvalue weighted by atomic mass is 10.1. The Balaban J connectivity index is 1.73. The monoisotopic (exact) mass is 296 g/mol. The van der Waals surface area contributed by atoms with Gasteiger partial charge in [-0.2, -0.15) is 0 Å². The van der Waals surface area contributed by atoms with Crippen molar-refractivity contribution in [2.24, 2.45) is 11.1 Å². The Kier molecular flexibility index (Phi) is 2.98. The van der Waals surface area contributed by atoms with E-state index in [1.165, 1.54) is 12.1 Å². The molecule has 2 aliphatic rings. The Bertz CT molecular complexity index is 671. The molecule has 1 fully saturated rings. The molecule has 1 saturated carbocycles. The van der Waals surface area contributed by atoms with E-state index in [0.29, 0.717) is 23.7 Å². The van der Waals surface area contributed by atoms with E-state index in [1.807, 2.05) is 0 Å². The van der Waals surface area contributed by atoms with E-state index in [0.717, 1.165) is 6.42 Å². The van der Waals surface area contributed by atoms with Crippen LogP contribution in [-0.2, 0) is 21.2 Å². The molecule has 0 aromatic heterocycles. The fourth-order valence-corrected chi connectivity index (χ4v) is 2.91. The number of benzene rings is 1. The van der Waals surface area contributed by atoms with Gasteiger partial charge in [-0.1, -0.05) is 6.92 Å². The first-order valence-corrected chi connectivity index (χ1v) is 8.02. The number of nitrogens with two attached hydrogens (primary N) is 1. The number of ether oxygens (including phenoxy) is 1. The van der Waals surface area contributed by atoms with E-state index < -0.39 is 16.1 Å². The summed E-state index contributed by atoms with van der Waals surface area (Å²) >= 11 is 0. The lowest BCUT2D eigenvalue weighted by molar-refractivity contribution is -0.127. The highest BCUT2D eigenvalue weighted by Crippen LogP contribution is 2.32. The van der Waals surface area contributed by atoms with Gasteiger partial charge in [0.1, 0.15) is 5.75 Å². The Morgan fingerprint density at radius 3 is 2.75 bits per heavy atom. The molecule has 1 aromatic carbocycles. The standard InChI is InChI=1S/C13H16N2O4S/c1-7-4-10(7)15-13(16)12-6-8-5-9(20(14,17)18)2-3-11(8)19-12/h2-3,5,7,10,12H,4,6H2,1H3,(H,15,16)(H2,14,17,18). The van der Waals surface area contributed by atoms with Crippen LogP contribution < -0.4 is 15.2 Å². The summed E-state index contributed by atoms with van der Waals surface area (Å²) in [5.41, 5.74) is 0.695. The minimum Gasteiger partial charge on any atom is -0.480 e. The van der Waals surface area contributed by atoms with Gasteiger partial charge in [0, 0.05) is 12.5 Å². The van der Waals surface area contributed by atoms with Crippen molar-refractivity contribution < 1.29 is 17.9 Å². The molecule has 0 saturated heterocycles. The fourth-order valence-electron chi connectivity index (χ4n) is 2.35. The lowest BCUT2D eigenvalue weighted by Gasteiger charge is -2.10. The number of fused-ring (bicyclic) bond motifs is 1. The third-order valence-corrected chi connectivity index (χ3v) is 4.68. The van der Waals surface area contributed by atoms with Crippen molar-refractivity contribution in [1.29, 1.82) is 0 Å². The van der Waals surface area contributed by atoms with Gasteiger partial charge in [0.25, 0.3) is 5.91 Å². The third kappa shape index (κ3) is 2.51. The van der Waals surface area contributed by atoms with Crippen LogP contribution in [0.3, 0.4) is 0 Å². The number of rotatable bonds is 3. The fraction of sp³-hybridized carbons (Fsp3) is 0.462. The van der Waals surface area contributed by atoms with E-state index in [1.54, 1.807) is 6.07 Å². The molecule has 1 heterocycles. The van der Waals surface area contributed by atoms with Crippen molar-refractivity contribution in [1.82, 2.24) is 5.32 Å². The molecule has 1 amide bonds. The number of nitrogens with one attached hydrogen (secondary N) is 1. The first-order chi connectivity index (χ1) is 9.34. The summed E-state index contributed by atoms with van der Waals surface area (Å²) in [6, 6.07) is 4.65. The summed E-state index contributed by atoms with van der Waals surface area (Å²) in [6.45, 7) is 2.08. The topological polar surface area (TPSA) is 98.5 Å². The summed E-state index contributed by atoms with van der Waals surface area (Å²) in [7, 11) is -3.73. The molecule has 3 unspecified atom stereocenters. The first kappa shape index (κ1) is 13.4. The van der Waals surface area contributed by atoms with E-state index >= 15 is 0 Å². The summed E-state index contributed by atoms with van der Waals surface area (Å²) < 4.78 is 28.1. The summed E-state index contributed by atoms with van der Waals surface area (Å²) in [6.07, 6.45) is 0.778. The van der Waals surface area contributed by atoms with Crippen molar-refractivity contribution in [2.45, 2.75) is 36.8 Å². The van der Waals surface area contributed by atoms with E-state index in [-0.39, 0.29) is 16.8 Å². The summed E-state index contributed by atoms with van der Waals surface area (Å²) in [5, 5.41) is 8.01. The van der Waals surface area contributed by atoms with Gasteiger partial charge in [0.15, 0.2) is 6.10 Å². The molecular weight excluding hydrogens is 280 g/mol. The summed E-state index contributed by atoms with van der Waals surface area (Å²) in [4.78, 5) is 12.1. The molecule has 0 spiro atoms. The average Bonchev–Trinajstić information content (AvgIpc) is 2.91. The Hall–Kier alpha value is -1.60. The molecule has 0 bridgehead atoms. The predicted molar refractivity (Wildman–Crippen MR) is 71.6 cm³/mol. The molecule has 1 aliphatic carbocycles. The highest BCUT2D eigenvalue weighted by molar-refractivity contribution is 7.89. The predicted octanol–water partition coefficient (Wildman–Crippen LogP) is 0.162. The van der Waals surface area contributed by atoms with E-state index in [4.69, 9.17) is 9.88 Å². The number of hydrogen-bond donors (Lipinski definition) is 2. The molecule has 3 atom stereocenters. The number of primary sulfonamides is 1. The molecule has 108 valence electrons. The molecule has 6 nitrogen and oxygen atoms in total. The number of carbonyl (C=O) groups is 1. The van der Waals surface area contributed by atoms with Gasteiger partial charge >= 0.3 is 0 Å². The van der Waals surface area contributed by atoms with Crippen molar-refractivity contribution in [3.63, 3.8) is 0 Å². The zero-order valence-electron chi connectivity index (χ0n) is 11.0. The van der Waals surface area contributed by atoms with Crippen LogP contribution in [0.15, 0.2) is 23.1 Å². The Morgan fingerprint density at radius 2 is 2.15 bits per heavy atom. The maximum absolute atomic E-state index is 12.0. The first-order valence-electron chi connectivity index (χ1n) is 6.47. The van der Waals surface area contributed by atoms with Crippen LogP contribution in [-0.4, -0.2) is 26.5 Å². The average molecular weight is 296 g/mol. The van der Waals surface area contributed by atoms with E-state index in [9.17, 15) is 13.2 Å². The maximum Gasteiger partial charge on any atom is 0.261 e. The van der Waals surface area contributed by atoms with Crippen LogP contribution in [0.1, 0.15) is 18.9 Å². The molecule has 1 aliphatic heterocycles.